The van der Waals surface area contributed by atoms with Crippen LogP contribution < -0.4 is 4.57 Å². The fourth-order valence-electron chi connectivity index (χ4n) is 5.67. The number of hydrogen-bond acceptors (Lipinski definition) is 0. The van der Waals surface area contributed by atoms with E-state index in [1.54, 1.807) is 5.82 Å². The largest absolute Gasteiger partial charge is 0.256 e. The first-order valence-corrected chi connectivity index (χ1v) is 16.8. The molecule has 1 heterocycles. The van der Waals surface area contributed by atoms with Crippen LogP contribution in [0.5, 0.6) is 0 Å². The molecular weight excluding hydrogens is 436 g/mol. The van der Waals surface area contributed by atoms with E-state index in [4.69, 9.17) is 0 Å². The minimum atomic E-state index is 0.571. The molecule has 36 heavy (non-hydrogen) atoms. The third kappa shape index (κ3) is 17.6. The second-order valence-corrected chi connectivity index (χ2v) is 11.9. The molecule has 0 atom stereocenters. The molecule has 1 rings (SSSR count). The number of aromatic nitrogens is 2. The molecule has 0 radical (unpaired) electrons. The van der Waals surface area contributed by atoms with Crippen LogP contribution in [0.15, 0.2) is 12.4 Å². The Bertz CT molecular complexity index is 574. The predicted molar refractivity (Wildman–Crippen MR) is 161 cm³/mol. The van der Waals surface area contributed by atoms with Gasteiger partial charge in [-0.1, -0.05) is 149 Å². The van der Waals surface area contributed by atoms with Crippen LogP contribution in [0.3, 0.4) is 0 Å². The maximum atomic E-state index is 2.57. The molecular formula is C34H67N2+. The molecule has 0 aliphatic carbocycles. The fourth-order valence-corrected chi connectivity index (χ4v) is 5.67. The van der Waals surface area contributed by atoms with Crippen LogP contribution >= 0.6 is 0 Å². The molecule has 0 bridgehead atoms. The van der Waals surface area contributed by atoms with Crippen LogP contribution in [-0.4, -0.2) is 4.57 Å². The lowest BCUT2D eigenvalue weighted by molar-refractivity contribution is -0.704. The SMILES string of the molecule is CCCCCCCCCCCCCCCCCCC[n+]1ccn(C(C)C)c1CCCCCCCCC. The fraction of sp³-hybridized carbons (Fsp3) is 0.912. The lowest BCUT2D eigenvalue weighted by Gasteiger charge is -2.08. The molecule has 0 fully saturated rings. The minimum absolute atomic E-state index is 0.571. The quantitative estimate of drug-likeness (QED) is 0.0833. The van der Waals surface area contributed by atoms with Gasteiger partial charge in [0.25, 0.3) is 5.82 Å². The Balaban J connectivity index is 2.03. The van der Waals surface area contributed by atoms with E-state index in [1.807, 2.05) is 0 Å². The van der Waals surface area contributed by atoms with Crippen molar-refractivity contribution in [2.24, 2.45) is 0 Å². The minimum Gasteiger partial charge on any atom is -0.234 e. The first kappa shape index (κ1) is 33.2. The van der Waals surface area contributed by atoms with E-state index in [-0.39, 0.29) is 0 Å². The molecule has 0 N–H and O–H groups in total. The van der Waals surface area contributed by atoms with Crippen LogP contribution in [0, 0.1) is 0 Å². The van der Waals surface area contributed by atoms with Crippen molar-refractivity contribution in [1.29, 1.82) is 0 Å². The zero-order valence-electron chi connectivity index (χ0n) is 25.5. The van der Waals surface area contributed by atoms with Crippen molar-refractivity contribution in [1.82, 2.24) is 4.57 Å². The topological polar surface area (TPSA) is 8.81 Å². The standard InChI is InChI=1S/C34H67N2/c1-5-7-9-11-13-14-15-16-17-18-19-20-21-22-24-26-28-30-35-31-32-36(33(3)4)34(35)29-27-25-23-12-10-8-6-2/h31-33H,5-30H2,1-4H3/q+1. The van der Waals surface area contributed by atoms with Crippen LogP contribution in [0.1, 0.15) is 194 Å². The molecule has 0 spiro atoms. The van der Waals surface area contributed by atoms with Gasteiger partial charge in [-0.25, -0.2) is 9.13 Å². The second-order valence-electron chi connectivity index (χ2n) is 11.9. The predicted octanol–water partition coefficient (Wildman–Crippen LogP) is 11.3. The van der Waals surface area contributed by atoms with Gasteiger partial charge in [0, 0.05) is 6.42 Å². The van der Waals surface area contributed by atoms with Crippen LogP contribution in [-0.2, 0) is 13.0 Å². The highest BCUT2D eigenvalue weighted by Crippen LogP contribution is 2.15. The van der Waals surface area contributed by atoms with Crippen molar-refractivity contribution in [3.05, 3.63) is 18.2 Å². The highest BCUT2D eigenvalue weighted by Gasteiger charge is 2.18. The van der Waals surface area contributed by atoms with E-state index in [0.29, 0.717) is 6.04 Å². The summed E-state index contributed by atoms with van der Waals surface area (Å²) < 4.78 is 5.09. The highest BCUT2D eigenvalue weighted by atomic mass is 15.2. The van der Waals surface area contributed by atoms with Gasteiger partial charge in [0.15, 0.2) is 0 Å². The Hall–Kier alpha value is -0.790. The number of aryl methyl sites for hydroxylation is 1. The van der Waals surface area contributed by atoms with Crippen molar-refractivity contribution in [3.63, 3.8) is 0 Å². The van der Waals surface area contributed by atoms with Crippen molar-refractivity contribution in [2.45, 2.75) is 201 Å². The Morgan fingerprint density at radius 3 is 1.28 bits per heavy atom. The van der Waals surface area contributed by atoms with E-state index in [2.05, 4.69) is 49.2 Å². The summed E-state index contributed by atoms with van der Waals surface area (Å²) in [5.74, 6) is 1.56. The zero-order chi connectivity index (χ0) is 26.1. The average Bonchev–Trinajstić information content (AvgIpc) is 3.28. The molecule has 0 unspecified atom stereocenters. The Kier molecular flexibility index (Phi) is 22.7. The summed E-state index contributed by atoms with van der Waals surface area (Å²) >= 11 is 0. The molecule has 0 saturated carbocycles. The third-order valence-electron chi connectivity index (χ3n) is 8.10. The van der Waals surface area contributed by atoms with Gasteiger partial charge in [0.2, 0.25) is 0 Å². The third-order valence-corrected chi connectivity index (χ3v) is 8.10. The Morgan fingerprint density at radius 1 is 0.528 bits per heavy atom. The van der Waals surface area contributed by atoms with Crippen molar-refractivity contribution in [3.8, 4) is 0 Å². The summed E-state index contributed by atoms with van der Waals surface area (Å²) in [4.78, 5) is 0. The lowest BCUT2D eigenvalue weighted by atomic mass is 10.0. The van der Waals surface area contributed by atoms with Crippen LogP contribution in [0.2, 0.25) is 0 Å². The normalized spacial score (nSPS) is 11.7. The van der Waals surface area contributed by atoms with Gasteiger partial charge < -0.3 is 0 Å². The first-order valence-electron chi connectivity index (χ1n) is 16.8. The number of unbranched alkanes of at least 4 members (excludes halogenated alkanes) is 22. The van der Waals surface area contributed by atoms with Crippen molar-refractivity contribution < 1.29 is 4.57 Å². The summed E-state index contributed by atoms with van der Waals surface area (Å²) in [7, 11) is 0. The highest BCUT2D eigenvalue weighted by molar-refractivity contribution is 4.86. The van der Waals surface area contributed by atoms with E-state index >= 15 is 0 Å². The second kappa shape index (κ2) is 24.5. The monoisotopic (exact) mass is 504 g/mol. The molecule has 0 aliphatic rings. The van der Waals surface area contributed by atoms with Gasteiger partial charge in [0.1, 0.15) is 12.4 Å². The van der Waals surface area contributed by atoms with Gasteiger partial charge in [-0.2, -0.15) is 0 Å². The van der Waals surface area contributed by atoms with Crippen molar-refractivity contribution in [2.75, 3.05) is 0 Å². The number of rotatable bonds is 27. The number of nitrogens with zero attached hydrogens (tertiary/aromatic N) is 2. The van der Waals surface area contributed by atoms with Gasteiger partial charge in [-0.15, -0.1) is 0 Å². The summed E-state index contributed by atoms with van der Waals surface area (Å²) in [5.41, 5.74) is 0. The zero-order valence-corrected chi connectivity index (χ0v) is 25.5. The molecule has 0 aliphatic heterocycles. The Labute approximate surface area is 228 Å². The van der Waals surface area contributed by atoms with Gasteiger partial charge in [-0.3, -0.25) is 0 Å². The molecule has 2 heteroatoms. The average molecular weight is 504 g/mol. The number of hydrogen-bond donors (Lipinski definition) is 0. The first-order chi connectivity index (χ1) is 17.7. The van der Waals surface area contributed by atoms with Gasteiger partial charge in [0.05, 0.1) is 12.6 Å². The van der Waals surface area contributed by atoms with Gasteiger partial charge in [-0.05, 0) is 33.1 Å². The maximum absolute atomic E-state index is 2.57. The number of imidazole rings is 1. The lowest BCUT2D eigenvalue weighted by Crippen LogP contribution is -2.37. The molecule has 0 amide bonds. The molecule has 212 valence electrons. The summed E-state index contributed by atoms with van der Waals surface area (Å²) in [5, 5.41) is 0. The molecule has 0 saturated heterocycles. The van der Waals surface area contributed by atoms with Crippen LogP contribution in [0.25, 0.3) is 0 Å². The molecule has 1 aromatic heterocycles. The van der Waals surface area contributed by atoms with Crippen molar-refractivity contribution >= 4 is 0 Å². The van der Waals surface area contributed by atoms with E-state index in [9.17, 15) is 0 Å². The van der Waals surface area contributed by atoms with E-state index in [0.717, 1.165) is 0 Å². The molecule has 1 aromatic rings. The van der Waals surface area contributed by atoms with Gasteiger partial charge >= 0.3 is 0 Å². The van der Waals surface area contributed by atoms with E-state index in [1.165, 1.54) is 167 Å². The summed E-state index contributed by atoms with van der Waals surface area (Å²) in [6.07, 6.45) is 40.3. The molecule has 2 nitrogen and oxygen atoms in total. The smallest absolute Gasteiger partial charge is 0.234 e. The van der Waals surface area contributed by atoms with E-state index < -0.39 is 0 Å². The van der Waals surface area contributed by atoms with Crippen LogP contribution in [0.4, 0.5) is 0 Å². The summed E-state index contributed by atoms with van der Waals surface area (Å²) in [6.45, 7) is 10.5. The molecule has 0 aromatic carbocycles. The summed E-state index contributed by atoms with van der Waals surface area (Å²) in [6, 6.07) is 0.571. The maximum Gasteiger partial charge on any atom is 0.256 e. The Morgan fingerprint density at radius 2 is 0.889 bits per heavy atom.